The molecule has 2 nitrogen and oxygen atoms in total. The second-order valence-electron chi connectivity index (χ2n) is 4.25. The highest BCUT2D eigenvalue weighted by molar-refractivity contribution is 9.10. The molecule has 3 heteroatoms. The van der Waals surface area contributed by atoms with E-state index in [1.54, 1.807) is 7.11 Å². The van der Waals surface area contributed by atoms with Crippen molar-refractivity contribution in [2.75, 3.05) is 20.4 Å². The van der Waals surface area contributed by atoms with E-state index in [1.807, 2.05) is 6.07 Å². The van der Waals surface area contributed by atoms with Gasteiger partial charge in [-0.2, -0.15) is 0 Å². The molecule has 0 radical (unpaired) electrons. The molecule has 0 atom stereocenters. The minimum absolute atomic E-state index is 0.113. The van der Waals surface area contributed by atoms with E-state index in [1.165, 1.54) is 5.56 Å². The number of nitrogens with one attached hydrogen (secondary N) is 1. The van der Waals surface area contributed by atoms with Crippen LogP contribution < -0.4 is 5.32 Å². The van der Waals surface area contributed by atoms with Crippen molar-refractivity contribution in [2.45, 2.75) is 19.3 Å². The topological polar surface area (TPSA) is 21.3 Å². The van der Waals surface area contributed by atoms with E-state index < -0.39 is 0 Å². The fraction of sp³-hybridized carbons (Fsp3) is 0.500. The summed E-state index contributed by atoms with van der Waals surface area (Å²) in [4.78, 5) is 0. The lowest BCUT2D eigenvalue weighted by molar-refractivity contribution is 0.169. The summed E-state index contributed by atoms with van der Waals surface area (Å²) in [5, 5.41) is 3.26. The van der Waals surface area contributed by atoms with Crippen molar-refractivity contribution in [3.05, 3.63) is 34.3 Å². The molecule has 0 aliphatic rings. The molecular weight excluding hydrogens is 254 g/mol. The van der Waals surface area contributed by atoms with Gasteiger partial charge < -0.3 is 4.74 Å². The molecule has 84 valence electrons. The number of halogens is 1. The Bertz CT molecular complexity index is 312. The van der Waals surface area contributed by atoms with Crippen molar-refractivity contribution in [1.82, 2.24) is 5.32 Å². The molecule has 0 saturated carbocycles. The van der Waals surface area contributed by atoms with E-state index in [-0.39, 0.29) is 5.41 Å². The normalized spacial score (nSPS) is 11.7. The van der Waals surface area contributed by atoms with Crippen molar-refractivity contribution in [3.63, 3.8) is 0 Å². The Kier molecular flexibility index (Phi) is 4.77. The van der Waals surface area contributed by atoms with Crippen molar-refractivity contribution < 1.29 is 4.74 Å². The number of methoxy groups -OCH3 is 1. The lowest BCUT2D eigenvalue weighted by Crippen LogP contribution is -2.33. The van der Waals surface area contributed by atoms with E-state index in [9.17, 15) is 0 Å². The van der Waals surface area contributed by atoms with Gasteiger partial charge in [0.05, 0.1) is 6.73 Å². The number of hydrogen-bond donors (Lipinski definition) is 1. The summed E-state index contributed by atoms with van der Waals surface area (Å²) in [5.74, 6) is 0. The van der Waals surface area contributed by atoms with E-state index in [2.05, 4.69) is 53.3 Å². The van der Waals surface area contributed by atoms with Crippen molar-refractivity contribution in [1.29, 1.82) is 0 Å². The highest BCUT2D eigenvalue weighted by Crippen LogP contribution is 2.24. The highest BCUT2D eigenvalue weighted by Gasteiger charge is 2.19. The summed E-state index contributed by atoms with van der Waals surface area (Å²) >= 11 is 3.49. The van der Waals surface area contributed by atoms with E-state index >= 15 is 0 Å². The zero-order valence-corrected chi connectivity index (χ0v) is 11.1. The Balaban J connectivity index is 2.67. The average molecular weight is 272 g/mol. The van der Waals surface area contributed by atoms with Crippen LogP contribution in [0.5, 0.6) is 0 Å². The molecule has 0 spiro atoms. The van der Waals surface area contributed by atoms with Crippen molar-refractivity contribution in [2.24, 2.45) is 0 Å². The molecule has 0 unspecified atom stereocenters. The lowest BCUT2D eigenvalue weighted by atomic mass is 9.85. The molecule has 0 fully saturated rings. The molecule has 1 rings (SSSR count). The van der Waals surface area contributed by atoms with E-state index in [0.717, 1.165) is 11.0 Å². The molecule has 0 aliphatic carbocycles. The first-order valence-electron chi connectivity index (χ1n) is 5.02. The second-order valence-corrected chi connectivity index (χ2v) is 5.17. The summed E-state index contributed by atoms with van der Waals surface area (Å²) in [7, 11) is 1.69. The van der Waals surface area contributed by atoms with Crippen LogP contribution in [0, 0.1) is 0 Å². The van der Waals surface area contributed by atoms with Crippen molar-refractivity contribution in [3.8, 4) is 0 Å². The summed E-state index contributed by atoms with van der Waals surface area (Å²) in [6.45, 7) is 5.93. The Hall–Kier alpha value is -0.380. The predicted molar refractivity (Wildman–Crippen MR) is 67.0 cm³/mol. The van der Waals surface area contributed by atoms with Crippen LogP contribution in [-0.4, -0.2) is 20.4 Å². The highest BCUT2D eigenvalue weighted by atomic mass is 79.9. The summed E-state index contributed by atoms with van der Waals surface area (Å²) < 4.78 is 6.10. The van der Waals surface area contributed by atoms with Crippen LogP contribution in [0.15, 0.2) is 28.7 Å². The molecule has 1 N–H and O–H groups in total. The second kappa shape index (κ2) is 5.64. The maximum Gasteiger partial charge on any atom is 0.0961 e. The van der Waals surface area contributed by atoms with Gasteiger partial charge in [-0.05, 0) is 17.7 Å². The zero-order valence-electron chi connectivity index (χ0n) is 9.51. The summed E-state index contributed by atoms with van der Waals surface area (Å²) in [5.41, 5.74) is 1.43. The standard InChI is InChI=1S/C12H18BrNO/c1-12(2,8-14-9-15-3)10-5-4-6-11(13)7-10/h4-7,14H,8-9H2,1-3H3. The summed E-state index contributed by atoms with van der Waals surface area (Å²) in [6.07, 6.45) is 0. The van der Waals surface area contributed by atoms with Gasteiger partial charge in [0.2, 0.25) is 0 Å². The van der Waals surface area contributed by atoms with Gasteiger partial charge in [0.25, 0.3) is 0 Å². The largest absolute Gasteiger partial charge is 0.370 e. The minimum Gasteiger partial charge on any atom is -0.370 e. The van der Waals surface area contributed by atoms with E-state index in [4.69, 9.17) is 4.74 Å². The SMILES string of the molecule is COCNCC(C)(C)c1cccc(Br)c1. The maximum absolute atomic E-state index is 4.98. The van der Waals surface area contributed by atoms with Crippen LogP contribution in [0.25, 0.3) is 0 Å². The van der Waals surface area contributed by atoms with Crippen LogP contribution in [0.2, 0.25) is 0 Å². The Morgan fingerprint density at radius 2 is 2.13 bits per heavy atom. The Labute approximate surface area is 100 Å². The molecule has 0 heterocycles. The van der Waals surface area contributed by atoms with Crippen LogP contribution in [-0.2, 0) is 10.2 Å². The number of benzene rings is 1. The van der Waals surface area contributed by atoms with Crippen molar-refractivity contribution >= 4 is 15.9 Å². The molecule has 0 amide bonds. The van der Waals surface area contributed by atoms with Gasteiger partial charge >= 0.3 is 0 Å². The minimum atomic E-state index is 0.113. The maximum atomic E-state index is 4.98. The quantitative estimate of drug-likeness (QED) is 0.657. The number of ether oxygens (including phenoxy) is 1. The van der Waals surface area contributed by atoms with Gasteiger partial charge in [-0.25, -0.2) is 0 Å². The smallest absolute Gasteiger partial charge is 0.0961 e. The molecular formula is C12H18BrNO. The molecule has 1 aromatic rings. The van der Waals surface area contributed by atoms with Gasteiger partial charge in [-0.3, -0.25) is 5.32 Å². The Morgan fingerprint density at radius 3 is 2.73 bits per heavy atom. The lowest BCUT2D eigenvalue weighted by Gasteiger charge is -2.25. The third-order valence-electron chi connectivity index (χ3n) is 2.42. The first kappa shape index (κ1) is 12.7. The van der Waals surface area contributed by atoms with Gasteiger partial charge in [-0.15, -0.1) is 0 Å². The Morgan fingerprint density at radius 1 is 1.40 bits per heavy atom. The third kappa shape index (κ3) is 3.93. The first-order valence-corrected chi connectivity index (χ1v) is 5.81. The van der Waals surface area contributed by atoms with Gasteiger partial charge in [0, 0.05) is 23.5 Å². The fourth-order valence-corrected chi connectivity index (χ4v) is 1.88. The monoisotopic (exact) mass is 271 g/mol. The molecule has 0 bridgehead atoms. The van der Waals surface area contributed by atoms with E-state index in [0.29, 0.717) is 6.73 Å². The van der Waals surface area contributed by atoms with Gasteiger partial charge in [0.1, 0.15) is 0 Å². The van der Waals surface area contributed by atoms with Crippen LogP contribution in [0.3, 0.4) is 0 Å². The van der Waals surface area contributed by atoms with Crippen LogP contribution in [0.1, 0.15) is 19.4 Å². The molecule has 15 heavy (non-hydrogen) atoms. The molecule has 0 saturated heterocycles. The average Bonchev–Trinajstić information content (AvgIpc) is 2.18. The predicted octanol–water partition coefficient (Wildman–Crippen LogP) is 2.92. The molecule has 0 aliphatic heterocycles. The zero-order chi connectivity index (χ0) is 11.3. The van der Waals surface area contributed by atoms with Gasteiger partial charge in [0.15, 0.2) is 0 Å². The van der Waals surface area contributed by atoms with Crippen LogP contribution in [0.4, 0.5) is 0 Å². The van der Waals surface area contributed by atoms with Gasteiger partial charge in [-0.1, -0.05) is 41.9 Å². The van der Waals surface area contributed by atoms with Crippen LogP contribution >= 0.6 is 15.9 Å². The third-order valence-corrected chi connectivity index (χ3v) is 2.91. The number of hydrogen-bond acceptors (Lipinski definition) is 2. The molecule has 1 aromatic carbocycles. The number of rotatable bonds is 5. The fourth-order valence-electron chi connectivity index (χ4n) is 1.48. The first-order chi connectivity index (χ1) is 7.06. The summed E-state index contributed by atoms with van der Waals surface area (Å²) in [6, 6.07) is 8.42. The molecule has 0 aromatic heterocycles.